The molecule has 2 N–H and O–H groups in total. The largest absolute Gasteiger partial charge is 0.369 e. The van der Waals surface area contributed by atoms with E-state index in [1.165, 1.54) is 12.8 Å². The maximum atomic E-state index is 12.2. The third-order valence-corrected chi connectivity index (χ3v) is 4.35. The van der Waals surface area contributed by atoms with E-state index in [2.05, 4.69) is 11.8 Å². The molecule has 2 fully saturated rings. The van der Waals surface area contributed by atoms with E-state index in [-0.39, 0.29) is 17.7 Å². The molecule has 0 radical (unpaired) electrons. The fourth-order valence-electron chi connectivity index (χ4n) is 3.14. The second-order valence-electron chi connectivity index (χ2n) is 6.04. The van der Waals surface area contributed by atoms with Crippen molar-refractivity contribution in [1.29, 1.82) is 0 Å². The van der Waals surface area contributed by atoms with Crippen LogP contribution in [0.5, 0.6) is 0 Å². The molecule has 0 saturated carbocycles. The molecule has 108 valence electrons. The highest BCUT2D eigenvalue weighted by Gasteiger charge is 2.27. The summed E-state index contributed by atoms with van der Waals surface area (Å²) in [5.41, 5.74) is 5.30. The lowest BCUT2D eigenvalue weighted by molar-refractivity contribution is -0.136. The van der Waals surface area contributed by atoms with Crippen molar-refractivity contribution in [2.45, 2.75) is 32.6 Å². The Bertz CT molecular complexity index is 338. The smallest absolute Gasteiger partial charge is 0.236 e. The van der Waals surface area contributed by atoms with Gasteiger partial charge < -0.3 is 10.6 Å². The van der Waals surface area contributed by atoms with Crippen molar-refractivity contribution in [3.63, 3.8) is 0 Å². The summed E-state index contributed by atoms with van der Waals surface area (Å²) in [7, 11) is 0. The van der Waals surface area contributed by atoms with Gasteiger partial charge in [-0.05, 0) is 38.1 Å². The number of rotatable bonds is 3. The van der Waals surface area contributed by atoms with Crippen LogP contribution in [0, 0.1) is 11.8 Å². The van der Waals surface area contributed by atoms with Crippen molar-refractivity contribution < 1.29 is 9.59 Å². The molecule has 2 aliphatic rings. The lowest BCUT2D eigenvalue weighted by Gasteiger charge is -2.35. The normalized spacial score (nSPS) is 26.4. The summed E-state index contributed by atoms with van der Waals surface area (Å²) in [6.07, 6.45) is 3.90. The van der Waals surface area contributed by atoms with Crippen LogP contribution in [0.25, 0.3) is 0 Å². The van der Waals surface area contributed by atoms with E-state index in [0.717, 1.165) is 25.9 Å². The molecule has 0 unspecified atom stereocenters. The second kappa shape index (κ2) is 6.37. The van der Waals surface area contributed by atoms with Gasteiger partial charge >= 0.3 is 0 Å². The topological polar surface area (TPSA) is 66.6 Å². The van der Waals surface area contributed by atoms with Crippen molar-refractivity contribution in [2.24, 2.45) is 17.6 Å². The number of hydrogen-bond donors (Lipinski definition) is 1. The second-order valence-corrected chi connectivity index (χ2v) is 6.04. The van der Waals surface area contributed by atoms with Crippen LogP contribution < -0.4 is 5.73 Å². The molecule has 19 heavy (non-hydrogen) atoms. The Morgan fingerprint density at radius 1 is 1.16 bits per heavy atom. The van der Waals surface area contributed by atoms with Crippen LogP contribution in [0.2, 0.25) is 0 Å². The summed E-state index contributed by atoms with van der Waals surface area (Å²) in [5, 5.41) is 0. The van der Waals surface area contributed by atoms with E-state index in [0.29, 0.717) is 25.6 Å². The Labute approximate surface area is 115 Å². The van der Waals surface area contributed by atoms with Gasteiger partial charge in [0.15, 0.2) is 0 Å². The fraction of sp³-hybridized carbons (Fsp3) is 0.857. The van der Waals surface area contributed by atoms with Crippen molar-refractivity contribution in [1.82, 2.24) is 9.80 Å². The number of carbonyl (C=O) groups is 2. The van der Waals surface area contributed by atoms with E-state index in [1.807, 2.05) is 4.90 Å². The van der Waals surface area contributed by atoms with Crippen molar-refractivity contribution in [3.8, 4) is 0 Å². The van der Waals surface area contributed by atoms with Crippen molar-refractivity contribution in [2.75, 3.05) is 32.7 Å². The van der Waals surface area contributed by atoms with E-state index in [9.17, 15) is 9.59 Å². The molecule has 2 saturated heterocycles. The number of carbonyl (C=O) groups excluding carboxylic acids is 2. The van der Waals surface area contributed by atoms with E-state index in [1.54, 1.807) is 0 Å². The molecule has 2 aliphatic heterocycles. The first kappa shape index (κ1) is 14.3. The zero-order valence-electron chi connectivity index (χ0n) is 11.8. The summed E-state index contributed by atoms with van der Waals surface area (Å²) in [4.78, 5) is 27.5. The fourth-order valence-corrected chi connectivity index (χ4v) is 3.14. The van der Waals surface area contributed by atoms with Gasteiger partial charge in [0.2, 0.25) is 11.8 Å². The SMILES string of the molecule is C[C@H]1CCCN(CC(=O)N2CCC(C(N)=O)CC2)C1. The van der Waals surface area contributed by atoms with Crippen molar-refractivity contribution >= 4 is 11.8 Å². The van der Waals surface area contributed by atoms with Crippen LogP contribution in [0.15, 0.2) is 0 Å². The molecule has 0 bridgehead atoms. The number of likely N-dealkylation sites (tertiary alicyclic amines) is 2. The zero-order valence-corrected chi connectivity index (χ0v) is 11.8. The first-order valence-electron chi connectivity index (χ1n) is 7.35. The lowest BCUT2D eigenvalue weighted by Crippen LogP contribution is -2.47. The minimum atomic E-state index is -0.225. The number of piperidine rings is 2. The molecule has 0 aromatic rings. The number of nitrogens with zero attached hydrogens (tertiary/aromatic N) is 2. The van der Waals surface area contributed by atoms with E-state index < -0.39 is 0 Å². The standard InChI is InChI=1S/C14H25N3O2/c1-11-3-2-6-16(9-11)10-13(18)17-7-4-12(5-8-17)14(15)19/h11-12H,2-10H2,1H3,(H2,15,19)/t11-/m0/s1. The van der Waals surface area contributed by atoms with Crippen LogP contribution in [0.4, 0.5) is 0 Å². The maximum absolute atomic E-state index is 12.2. The minimum Gasteiger partial charge on any atom is -0.369 e. The highest BCUT2D eigenvalue weighted by molar-refractivity contribution is 5.80. The van der Waals surface area contributed by atoms with Gasteiger partial charge in [-0.3, -0.25) is 14.5 Å². The van der Waals surface area contributed by atoms with E-state index in [4.69, 9.17) is 5.73 Å². The maximum Gasteiger partial charge on any atom is 0.236 e. The molecule has 5 nitrogen and oxygen atoms in total. The van der Waals surface area contributed by atoms with Crippen LogP contribution in [-0.4, -0.2) is 54.3 Å². The molecule has 2 rings (SSSR count). The molecular weight excluding hydrogens is 242 g/mol. The molecule has 0 aromatic heterocycles. The summed E-state index contributed by atoms with van der Waals surface area (Å²) in [5.74, 6) is 0.634. The molecule has 0 spiro atoms. The quantitative estimate of drug-likeness (QED) is 0.807. The monoisotopic (exact) mass is 267 g/mol. The predicted octanol–water partition coefficient (Wildman–Crippen LogP) is 0.442. The van der Waals surface area contributed by atoms with Gasteiger partial charge in [0.25, 0.3) is 0 Å². The Balaban J connectivity index is 1.76. The molecule has 0 aromatic carbocycles. The summed E-state index contributed by atoms with van der Waals surface area (Å²) in [6, 6.07) is 0. The Morgan fingerprint density at radius 3 is 2.42 bits per heavy atom. The zero-order chi connectivity index (χ0) is 13.8. The van der Waals surface area contributed by atoms with Gasteiger partial charge in [0.05, 0.1) is 6.54 Å². The molecule has 2 amide bonds. The third kappa shape index (κ3) is 3.93. The van der Waals surface area contributed by atoms with Crippen LogP contribution in [0.3, 0.4) is 0 Å². The van der Waals surface area contributed by atoms with Gasteiger partial charge in [0.1, 0.15) is 0 Å². The first-order chi connectivity index (χ1) is 9.06. The molecular formula is C14H25N3O2. The van der Waals surface area contributed by atoms with Crippen LogP contribution in [-0.2, 0) is 9.59 Å². The summed E-state index contributed by atoms with van der Waals surface area (Å²) >= 11 is 0. The highest BCUT2D eigenvalue weighted by atomic mass is 16.2. The summed E-state index contributed by atoms with van der Waals surface area (Å²) in [6.45, 7) is 6.20. The third-order valence-electron chi connectivity index (χ3n) is 4.35. The molecule has 2 heterocycles. The number of hydrogen-bond acceptors (Lipinski definition) is 3. The summed E-state index contributed by atoms with van der Waals surface area (Å²) < 4.78 is 0. The van der Waals surface area contributed by atoms with Gasteiger partial charge in [0, 0.05) is 25.6 Å². The average molecular weight is 267 g/mol. The van der Waals surface area contributed by atoms with Gasteiger partial charge in [-0.2, -0.15) is 0 Å². The van der Waals surface area contributed by atoms with Gasteiger partial charge in [-0.1, -0.05) is 6.92 Å². The first-order valence-corrected chi connectivity index (χ1v) is 7.35. The Kier molecular flexibility index (Phi) is 4.80. The van der Waals surface area contributed by atoms with E-state index >= 15 is 0 Å². The molecule has 5 heteroatoms. The highest BCUT2D eigenvalue weighted by Crippen LogP contribution is 2.18. The molecule has 0 aliphatic carbocycles. The Morgan fingerprint density at radius 2 is 1.84 bits per heavy atom. The van der Waals surface area contributed by atoms with Gasteiger partial charge in [-0.25, -0.2) is 0 Å². The number of primary amides is 1. The number of amides is 2. The minimum absolute atomic E-state index is 0.0425. The van der Waals surface area contributed by atoms with Crippen LogP contribution >= 0.6 is 0 Å². The Hall–Kier alpha value is -1.10. The average Bonchev–Trinajstić information content (AvgIpc) is 2.39. The van der Waals surface area contributed by atoms with Crippen LogP contribution in [0.1, 0.15) is 32.6 Å². The number of nitrogens with two attached hydrogens (primary N) is 1. The van der Waals surface area contributed by atoms with Crippen molar-refractivity contribution in [3.05, 3.63) is 0 Å². The predicted molar refractivity (Wildman–Crippen MR) is 73.3 cm³/mol. The molecule has 1 atom stereocenters. The lowest BCUT2D eigenvalue weighted by atomic mass is 9.96. The van der Waals surface area contributed by atoms with Gasteiger partial charge in [-0.15, -0.1) is 0 Å².